The molecule has 1 aliphatic heterocycles. The van der Waals surface area contributed by atoms with Gasteiger partial charge in [0, 0.05) is 0 Å². The lowest BCUT2D eigenvalue weighted by Crippen LogP contribution is -2.48. The lowest BCUT2D eigenvalue weighted by Gasteiger charge is -2.36. The zero-order valence-electron chi connectivity index (χ0n) is 13.4. The van der Waals surface area contributed by atoms with Crippen LogP contribution in [0.15, 0.2) is 6.07 Å². The molecule has 21 heavy (non-hydrogen) atoms. The van der Waals surface area contributed by atoms with Gasteiger partial charge in [0.05, 0.1) is 12.1 Å². The van der Waals surface area contributed by atoms with E-state index in [4.69, 9.17) is 0 Å². The Morgan fingerprint density at radius 1 is 0.952 bits per heavy atom. The Morgan fingerprint density at radius 2 is 1.57 bits per heavy atom. The second kappa shape index (κ2) is 4.69. The van der Waals surface area contributed by atoms with Gasteiger partial charge in [-0.1, -0.05) is 18.9 Å². The molecule has 1 aromatic rings. The van der Waals surface area contributed by atoms with Crippen molar-refractivity contribution in [3.05, 3.63) is 28.3 Å². The first-order valence-corrected chi connectivity index (χ1v) is 7.82. The fourth-order valence-electron chi connectivity index (χ4n) is 4.16. The van der Waals surface area contributed by atoms with Gasteiger partial charge < -0.3 is 0 Å². The molecule has 1 amide bonds. The van der Waals surface area contributed by atoms with E-state index in [1.54, 1.807) is 0 Å². The summed E-state index contributed by atoms with van der Waals surface area (Å²) in [6.07, 6.45) is 3.80. The molecule has 1 aliphatic carbocycles. The molecule has 3 heteroatoms. The topological polar surface area (TPSA) is 37.4 Å². The number of amides is 1. The van der Waals surface area contributed by atoms with E-state index in [1.165, 1.54) is 11.1 Å². The summed E-state index contributed by atoms with van der Waals surface area (Å²) in [4.78, 5) is 26.9. The summed E-state index contributed by atoms with van der Waals surface area (Å²) < 4.78 is 0. The molecule has 1 aromatic carbocycles. The Balaban J connectivity index is 2.21. The van der Waals surface area contributed by atoms with E-state index < -0.39 is 5.54 Å². The van der Waals surface area contributed by atoms with Gasteiger partial charge in [-0.3, -0.25) is 14.5 Å². The van der Waals surface area contributed by atoms with Crippen molar-refractivity contribution in [2.24, 2.45) is 0 Å². The van der Waals surface area contributed by atoms with Gasteiger partial charge in [0.1, 0.15) is 5.54 Å². The van der Waals surface area contributed by atoms with E-state index in [0.29, 0.717) is 0 Å². The van der Waals surface area contributed by atoms with Crippen molar-refractivity contribution in [2.75, 3.05) is 4.90 Å². The number of carbonyl (C=O) groups excluding carboxylic acids is 2. The highest BCUT2D eigenvalue weighted by molar-refractivity contribution is 6.20. The van der Waals surface area contributed by atoms with Crippen LogP contribution in [0, 0.1) is 27.7 Å². The van der Waals surface area contributed by atoms with Crippen LogP contribution in [0.1, 0.15) is 54.4 Å². The van der Waals surface area contributed by atoms with E-state index in [2.05, 4.69) is 26.8 Å². The lowest BCUT2D eigenvalue weighted by molar-refractivity contribution is -0.123. The predicted molar refractivity (Wildman–Crippen MR) is 83.7 cm³/mol. The first-order chi connectivity index (χ1) is 9.88. The molecule has 3 nitrogen and oxygen atoms in total. The van der Waals surface area contributed by atoms with Crippen LogP contribution in [-0.4, -0.2) is 17.2 Å². The SMILES string of the molecule is Cc1cc(C)c(N2C(=O)CC(=O)C23CCCC3)c(C)c1C. The molecule has 3 rings (SSSR count). The highest BCUT2D eigenvalue weighted by atomic mass is 16.2. The number of benzene rings is 1. The summed E-state index contributed by atoms with van der Waals surface area (Å²) in [5.74, 6) is 0.110. The van der Waals surface area contributed by atoms with Crippen LogP contribution < -0.4 is 4.90 Å². The minimum atomic E-state index is -0.547. The molecular weight excluding hydrogens is 262 g/mol. The van der Waals surface area contributed by atoms with Gasteiger partial charge in [0.25, 0.3) is 0 Å². The van der Waals surface area contributed by atoms with Crippen molar-refractivity contribution in [3.8, 4) is 0 Å². The molecule has 0 bridgehead atoms. The van der Waals surface area contributed by atoms with Gasteiger partial charge in [-0.25, -0.2) is 0 Å². The average Bonchev–Trinajstić information content (AvgIpc) is 2.98. The molecule has 0 aromatic heterocycles. The Kier molecular flexibility index (Phi) is 3.19. The molecular formula is C18H23NO2. The summed E-state index contributed by atoms with van der Waals surface area (Å²) in [5, 5.41) is 0. The van der Waals surface area contributed by atoms with E-state index in [9.17, 15) is 9.59 Å². The molecule has 1 heterocycles. The Hall–Kier alpha value is -1.64. The third kappa shape index (κ3) is 1.86. The van der Waals surface area contributed by atoms with Crippen LogP contribution in [0.2, 0.25) is 0 Å². The second-order valence-corrected chi connectivity index (χ2v) is 6.68. The number of rotatable bonds is 1. The normalized spacial score (nSPS) is 20.9. The van der Waals surface area contributed by atoms with E-state index in [0.717, 1.165) is 42.5 Å². The molecule has 1 saturated carbocycles. The quantitative estimate of drug-likeness (QED) is 0.740. The third-order valence-electron chi connectivity index (χ3n) is 5.48. The minimum Gasteiger partial charge on any atom is -0.298 e. The third-order valence-corrected chi connectivity index (χ3v) is 5.48. The number of carbonyl (C=O) groups is 2. The summed E-state index contributed by atoms with van der Waals surface area (Å²) in [7, 11) is 0. The fourth-order valence-corrected chi connectivity index (χ4v) is 4.16. The molecule has 0 N–H and O–H groups in total. The first-order valence-electron chi connectivity index (χ1n) is 7.82. The number of hydrogen-bond donors (Lipinski definition) is 0. The Morgan fingerprint density at radius 3 is 2.19 bits per heavy atom. The average molecular weight is 285 g/mol. The minimum absolute atomic E-state index is 0.0173. The van der Waals surface area contributed by atoms with E-state index in [-0.39, 0.29) is 18.1 Å². The van der Waals surface area contributed by atoms with Crippen molar-refractivity contribution in [3.63, 3.8) is 0 Å². The maximum absolute atomic E-state index is 12.6. The van der Waals surface area contributed by atoms with Crippen LogP contribution in [-0.2, 0) is 9.59 Å². The summed E-state index contributed by atoms with van der Waals surface area (Å²) in [5.41, 5.74) is 5.14. The van der Waals surface area contributed by atoms with Crippen molar-refractivity contribution in [2.45, 2.75) is 65.3 Å². The van der Waals surface area contributed by atoms with Crippen LogP contribution in [0.4, 0.5) is 5.69 Å². The summed E-state index contributed by atoms with van der Waals surface area (Å²) >= 11 is 0. The number of nitrogens with zero attached hydrogens (tertiary/aromatic N) is 1. The molecule has 1 saturated heterocycles. The van der Waals surface area contributed by atoms with Crippen molar-refractivity contribution in [1.29, 1.82) is 0 Å². The van der Waals surface area contributed by atoms with Crippen LogP contribution in [0.5, 0.6) is 0 Å². The van der Waals surface area contributed by atoms with Gasteiger partial charge in [0.2, 0.25) is 5.91 Å². The van der Waals surface area contributed by atoms with E-state index >= 15 is 0 Å². The first kappa shape index (κ1) is 14.3. The van der Waals surface area contributed by atoms with Gasteiger partial charge in [-0.2, -0.15) is 0 Å². The van der Waals surface area contributed by atoms with Gasteiger partial charge in [-0.05, 0) is 62.8 Å². The zero-order valence-corrected chi connectivity index (χ0v) is 13.4. The number of aryl methyl sites for hydroxylation is 2. The monoisotopic (exact) mass is 285 g/mol. The number of Topliss-reactive ketones (excluding diaryl/α,β-unsaturated/α-hetero) is 1. The molecule has 2 aliphatic rings. The standard InChI is InChI=1S/C18H23NO2/c1-11-9-12(2)17(14(4)13(11)3)19-16(21)10-15(20)18(19)7-5-6-8-18/h9H,5-8,10H2,1-4H3. The largest absolute Gasteiger partial charge is 0.298 e. The number of ketones is 1. The summed E-state index contributed by atoms with van der Waals surface area (Å²) in [6, 6.07) is 2.14. The van der Waals surface area contributed by atoms with Crippen LogP contribution in [0.3, 0.4) is 0 Å². The van der Waals surface area contributed by atoms with Crippen molar-refractivity contribution >= 4 is 17.4 Å². The molecule has 0 unspecified atom stereocenters. The highest BCUT2D eigenvalue weighted by Crippen LogP contribution is 2.46. The summed E-state index contributed by atoms with van der Waals surface area (Å²) in [6.45, 7) is 8.32. The predicted octanol–water partition coefficient (Wildman–Crippen LogP) is 3.54. The van der Waals surface area contributed by atoms with Gasteiger partial charge >= 0.3 is 0 Å². The second-order valence-electron chi connectivity index (χ2n) is 6.68. The van der Waals surface area contributed by atoms with Crippen LogP contribution >= 0.6 is 0 Å². The maximum atomic E-state index is 12.6. The Labute approximate surface area is 126 Å². The smallest absolute Gasteiger partial charge is 0.235 e. The van der Waals surface area contributed by atoms with Crippen molar-refractivity contribution in [1.82, 2.24) is 0 Å². The fraction of sp³-hybridized carbons (Fsp3) is 0.556. The molecule has 112 valence electrons. The maximum Gasteiger partial charge on any atom is 0.235 e. The molecule has 2 fully saturated rings. The van der Waals surface area contributed by atoms with Crippen LogP contribution in [0.25, 0.3) is 0 Å². The number of hydrogen-bond acceptors (Lipinski definition) is 2. The van der Waals surface area contributed by atoms with E-state index in [1.807, 2.05) is 11.8 Å². The molecule has 1 spiro atoms. The van der Waals surface area contributed by atoms with Gasteiger partial charge in [-0.15, -0.1) is 0 Å². The van der Waals surface area contributed by atoms with Crippen molar-refractivity contribution < 1.29 is 9.59 Å². The highest BCUT2D eigenvalue weighted by Gasteiger charge is 2.54. The molecule has 0 atom stereocenters. The Bertz CT molecular complexity index is 639. The number of anilines is 1. The van der Waals surface area contributed by atoms with Gasteiger partial charge in [0.15, 0.2) is 5.78 Å². The zero-order chi connectivity index (χ0) is 15.4. The molecule has 0 radical (unpaired) electrons. The lowest BCUT2D eigenvalue weighted by atomic mass is 9.90.